The van der Waals surface area contributed by atoms with Gasteiger partial charge in [-0.05, 0) is 56.3 Å². The van der Waals surface area contributed by atoms with Crippen molar-refractivity contribution < 1.29 is 28.9 Å². The topological polar surface area (TPSA) is 91.3 Å². The van der Waals surface area contributed by atoms with Crippen LogP contribution in [0.4, 0.5) is 4.39 Å². The second kappa shape index (κ2) is 11.7. The first-order valence-corrected chi connectivity index (χ1v) is 14.2. The zero-order chi connectivity index (χ0) is 24.4. The van der Waals surface area contributed by atoms with Gasteiger partial charge in [-0.2, -0.15) is 0 Å². The highest BCUT2D eigenvalue weighted by Gasteiger charge is 2.48. The number of alkyl halides is 1. The van der Waals surface area contributed by atoms with E-state index in [1.54, 1.807) is 0 Å². The Morgan fingerprint density at radius 2 is 1.89 bits per heavy atom. The molecule has 0 bridgehead atoms. The number of aliphatic hydroxyl groups excluding tert-OH is 2. The van der Waals surface area contributed by atoms with E-state index < -0.39 is 30.4 Å². The van der Waals surface area contributed by atoms with Crippen LogP contribution in [0.1, 0.15) is 70.6 Å². The van der Waals surface area contributed by atoms with Gasteiger partial charge in [0, 0.05) is 51.2 Å². The van der Waals surface area contributed by atoms with Gasteiger partial charge in [-0.3, -0.25) is 4.79 Å². The smallest absolute Gasteiger partial charge is 0.230 e. The lowest BCUT2D eigenvalue weighted by atomic mass is 9.70. The number of nitrogens with zero attached hydrogens (tertiary/aromatic N) is 1. The maximum Gasteiger partial charge on any atom is 0.230 e. The van der Waals surface area contributed by atoms with E-state index in [1.807, 2.05) is 4.90 Å². The third-order valence-corrected chi connectivity index (χ3v) is 9.53. The third-order valence-electron chi connectivity index (χ3n) is 9.53. The molecule has 9 unspecified atom stereocenters. The van der Waals surface area contributed by atoms with E-state index >= 15 is 4.39 Å². The molecule has 0 aromatic rings. The Morgan fingerprint density at radius 3 is 2.66 bits per heavy atom. The highest BCUT2D eigenvalue weighted by Crippen LogP contribution is 2.40. The van der Waals surface area contributed by atoms with E-state index in [-0.39, 0.29) is 30.3 Å². The first-order valence-electron chi connectivity index (χ1n) is 14.2. The number of piperidine rings is 1. The molecule has 35 heavy (non-hydrogen) atoms. The van der Waals surface area contributed by atoms with Gasteiger partial charge in [0.25, 0.3) is 0 Å². The second-order valence-corrected chi connectivity index (χ2v) is 11.9. The van der Waals surface area contributed by atoms with E-state index in [2.05, 4.69) is 5.32 Å². The molecular weight excluding hydrogens is 451 g/mol. The highest BCUT2D eigenvalue weighted by molar-refractivity contribution is 5.80. The predicted molar refractivity (Wildman–Crippen MR) is 130 cm³/mol. The van der Waals surface area contributed by atoms with Crippen LogP contribution in [0.15, 0.2) is 0 Å². The molecule has 3 saturated carbocycles. The average Bonchev–Trinajstić information content (AvgIpc) is 3.37. The largest absolute Gasteiger partial charge is 0.393 e. The van der Waals surface area contributed by atoms with E-state index in [0.717, 1.165) is 32.1 Å². The number of carbonyl (C=O) groups is 1. The lowest BCUT2D eigenvalue weighted by Crippen LogP contribution is -2.61. The summed E-state index contributed by atoms with van der Waals surface area (Å²) in [7, 11) is 0. The van der Waals surface area contributed by atoms with Crippen molar-refractivity contribution in [3.05, 3.63) is 0 Å². The van der Waals surface area contributed by atoms with Crippen LogP contribution >= 0.6 is 0 Å². The fourth-order valence-corrected chi connectivity index (χ4v) is 7.49. The summed E-state index contributed by atoms with van der Waals surface area (Å²) in [5, 5.41) is 24.8. The van der Waals surface area contributed by atoms with Gasteiger partial charge in [0.15, 0.2) is 0 Å². The summed E-state index contributed by atoms with van der Waals surface area (Å²) in [6.45, 7) is 3.11. The number of ether oxygens (including phenoxy) is 2. The molecule has 2 heterocycles. The summed E-state index contributed by atoms with van der Waals surface area (Å²) >= 11 is 0. The molecule has 2 saturated heterocycles. The van der Waals surface area contributed by atoms with Gasteiger partial charge in [0.2, 0.25) is 5.91 Å². The van der Waals surface area contributed by atoms with Crippen molar-refractivity contribution >= 4 is 5.91 Å². The number of rotatable bonds is 6. The molecule has 0 spiro atoms. The molecule has 0 aromatic heterocycles. The van der Waals surface area contributed by atoms with Crippen LogP contribution in [-0.2, 0) is 14.3 Å². The highest BCUT2D eigenvalue weighted by atomic mass is 19.1. The molecule has 3 N–H and O–H groups in total. The lowest BCUT2D eigenvalue weighted by molar-refractivity contribution is -0.162. The Hall–Kier alpha value is -0.800. The number of hydrogen-bond donors (Lipinski definition) is 3. The molecule has 200 valence electrons. The van der Waals surface area contributed by atoms with Crippen LogP contribution in [-0.4, -0.2) is 90.5 Å². The van der Waals surface area contributed by atoms with Crippen molar-refractivity contribution in [1.82, 2.24) is 10.2 Å². The Balaban J connectivity index is 1.25. The Kier molecular flexibility index (Phi) is 8.65. The minimum atomic E-state index is -0.912. The number of nitrogens with one attached hydrogen (secondary N) is 1. The maximum atomic E-state index is 15.1. The molecule has 0 radical (unpaired) electrons. The number of aliphatic hydroxyl groups is 2. The minimum Gasteiger partial charge on any atom is -0.393 e. The fraction of sp³-hybridized carbons (Fsp3) is 0.963. The summed E-state index contributed by atoms with van der Waals surface area (Å²) in [4.78, 5) is 15.7. The predicted octanol–water partition coefficient (Wildman–Crippen LogP) is 2.43. The van der Waals surface area contributed by atoms with Gasteiger partial charge in [0.1, 0.15) is 6.17 Å². The van der Waals surface area contributed by atoms with Gasteiger partial charge in [-0.15, -0.1) is 0 Å². The molecule has 5 aliphatic rings. The van der Waals surface area contributed by atoms with E-state index in [0.29, 0.717) is 57.6 Å². The minimum absolute atomic E-state index is 0.0741. The van der Waals surface area contributed by atoms with Crippen molar-refractivity contribution in [3.63, 3.8) is 0 Å². The Bertz CT molecular complexity index is 701. The molecule has 0 aromatic carbocycles. The van der Waals surface area contributed by atoms with Crippen molar-refractivity contribution in [1.29, 1.82) is 0 Å². The zero-order valence-electron chi connectivity index (χ0n) is 21.0. The number of halogens is 1. The number of hydrogen-bond acceptors (Lipinski definition) is 6. The van der Waals surface area contributed by atoms with Gasteiger partial charge in [-0.1, -0.05) is 19.3 Å². The summed E-state index contributed by atoms with van der Waals surface area (Å²) < 4.78 is 26.9. The fourth-order valence-electron chi connectivity index (χ4n) is 7.49. The molecular formula is C27H45FN2O5. The Labute approximate surface area is 209 Å². The molecule has 5 rings (SSSR count). The summed E-state index contributed by atoms with van der Waals surface area (Å²) in [6.07, 6.45) is 6.91. The van der Waals surface area contributed by atoms with Crippen molar-refractivity contribution in [2.75, 3.05) is 32.9 Å². The number of likely N-dealkylation sites (tertiary alicyclic amines) is 1. The van der Waals surface area contributed by atoms with Crippen molar-refractivity contribution in [2.24, 2.45) is 23.7 Å². The van der Waals surface area contributed by atoms with Crippen LogP contribution in [0.25, 0.3) is 0 Å². The average molecular weight is 497 g/mol. The number of fused-ring (bicyclic) bond motifs is 1. The third kappa shape index (κ3) is 6.03. The molecule has 8 heteroatoms. The summed E-state index contributed by atoms with van der Waals surface area (Å²) in [5.74, 6) is 0.257. The van der Waals surface area contributed by atoms with Crippen molar-refractivity contribution in [2.45, 2.75) is 107 Å². The van der Waals surface area contributed by atoms with Crippen LogP contribution in [0.3, 0.4) is 0 Å². The lowest BCUT2D eigenvalue weighted by Gasteiger charge is -2.49. The van der Waals surface area contributed by atoms with Gasteiger partial charge >= 0.3 is 0 Å². The van der Waals surface area contributed by atoms with E-state index in [4.69, 9.17) is 9.47 Å². The van der Waals surface area contributed by atoms with Crippen molar-refractivity contribution in [3.8, 4) is 0 Å². The summed E-state index contributed by atoms with van der Waals surface area (Å²) in [6, 6.07) is -0.0743. The summed E-state index contributed by atoms with van der Waals surface area (Å²) in [5.41, 5.74) is 0. The Morgan fingerprint density at radius 1 is 1.06 bits per heavy atom. The zero-order valence-corrected chi connectivity index (χ0v) is 21.0. The molecule has 2 aliphatic heterocycles. The van der Waals surface area contributed by atoms with Crippen LogP contribution in [0.2, 0.25) is 0 Å². The molecule has 3 aliphatic carbocycles. The first kappa shape index (κ1) is 25.8. The first-order chi connectivity index (χ1) is 17.0. The molecule has 5 fully saturated rings. The normalized spacial score (nSPS) is 43.2. The van der Waals surface area contributed by atoms with Crippen LogP contribution < -0.4 is 5.32 Å². The van der Waals surface area contributed by atoms with Gasteiger partial charge in [-0.25, -0.2) is 4.39 Å². The maximum absolute atomic E-state index is 15.1. The van der Waals surface area contributed by atoms with Gasteiger partial charge in [0.05, 0.1) is 30.8 Å². The van der Waals surface area contributed by atoms with E-state index in [1.165, 1.54) is 19.3 Å². The number of carbonyl (C=O) groups excluding carboxylic acids is 1. The molecule has 7 nitrogen and oxygen atoms in total. The van der Waals surface area contributed by atoms with Gasteiger partial charge < -0.3 is 29.9 Å². The quantitative estimate of drug-likeness (QED) is 0.523. The molecule has 1 amide bonds. The van der Waals surface area contributed by atoms with Crippen LogP contribution in [0, 0.1) is 23.7 Å². The standard InChI is InChI=1S/C27H45FN2O5/c28-22-7-6-18-8-10-30(14-21(18)26(22)29-19-9-11-34-16-19)27(33)25-23(32)12-20(31)13-24(25)35-15-17-4-2-1-3-5-17/h17-26,29,31-32H,1-16H2. The second-order valence-electron chi connectivity index (χ2n) is 11.9. The van der Waals surface area contributed by atoms with Crippen LogP contribution in [0.5, 0.6) is 0 Å². The molecule has 9 atom stereocenters. The number of amides is 1. The van der Waals surface area contributed by atoms with E-state index in [9.17, 15) is 15.0 Å². The SMILES string of the molecule is O=C(C1C(O)CC(O)CC1OCC1CCCCC1)N1CCC2CCC(F)C(NC3CCOC3)C2C1. The monoisotopic (exact) mass is 496 g/mol.